The molecule has 4 aromatic carbocycles. The van der Waals surface area contributed by atoms with Gasteiger partial charge in [0.05, 0.1) is 53.9 Å². The average molecular weight is 1240 g/mol. The molecule has 4 aromatic rings. The molecule has 2 amide bonds. The number of carbonyl (C=O) groups excluding carboxylic acids is 6. The maximum absolute atomic E-state index is 14.5. The summed E-state index contributed by atoms with van der Waals surface area (Å²) in [6, 6.07) is 34.6. The van der Waals surface area contributed by atoms with Crippen LogP contribution >= 0.6 is 0 Å². The van der Waals surface area contributed by atoms with Gasteiger partial charge < -0.3 is 70.7 Å². The summed E-state index contributed by atoms with van der Waals surface area (Å²) < 4.78 is 97.5. The third-order valence-electron chi connectivity index (χ3n) is 15.5. The van der Waals surface area contributed by atoms with Crippen LogP contribution in [0.1, 0.15) is 70.7 Å². The van der Waals surface area contributed by atoms with Crippen molar-refractivity contribution in [3.8, 4) is 0 Å². The zero-order valence-electron chi connectivity index (χ0n) is 51.8. The summed E-state index contributed by atoms with van der Waals surface area (Å²) >= 11 is 0. The number of carbonyl (C=O) groups is 6. The zero-order chi connectivity index (χ0) is 63.7. The van der Waals surface area contributed by atoms with Gasteiger partial charge in [-0.1, -0.05) is 148 Å². The number of imide groups is 1. The van der Waals surface area contributed by atoms with Crippen LogP contribution in [0.5, 0.6) is 0 Å². The van der Waals surface area contributed by atoms with Crippen molar-refractivity contribution in [3.05, 3.63) is 156 Å². The van der Waals surface area contributed by atoms with Crippen molar-refractivity contribution >= 4 is 44.0 Å². The van der Waals surface area contributed by atoms with Crippen LogP contribution < -0.4 is 0 Å². The molecule has 0 N–H and O–H groups in total. The van der Waals surface area contributed by atoms with Gasteiger partial charge in [-0.3, -0.25) is 24.1 Å². The second-order valence-electron chi connectivity index (χ2n) is 22.9. The van der Waals surface area contributed by atoms with E-state index in [1.807, 2.05) is 131 Å². The molecule has 3 heterocycles. The first kappa shape index (κ1) is 68.9. The van der Waals surface area contributed by atoms with E-state index in [-0.39, 0.29) is 39.6 Å². The fourth-order valence-corrected chi connectivity index (χ4v) is 11.4. The Morgan fingerprint density at radius 3 is 1.35 bits per heavy atom. The van der Waals surface area contributed by atoms with Crippen LogP contribution in [0.25, 0.3) is 0 Å². The second-order valence-corrected chi connectivity index (χ2v) is 27.7. The van der Waals surface area contributed by atoms with Gasteiger partial charge in [-0.15, -0.1) is 6.58 Å². The first-order valence-corrected chi connectivity index (χ1v) is 32.0. The number of nitrogens with zero attached hydrogens (tertiary/aromatic N) is 1. The molecule has 0 unspecified atom stereocenters. The van der Waals surface area contributed by atoms with Gasteiger partial charge in [-0.05, 0) is 40.4 Å². The number of rotatable bonds is 27. The normalized spacial score (nSPS) is 27.3. The van der Waals surface area contributed by atoms with E-state index in [0.717, 1.165) is 38.5 Å². The summed E-state index contributed by atoms with van der Waals surface area (Å²) in [5, 5.41) is -0.430. The van der Waals surface area contributed by atoms with Crippen molar-refractivity contribution in [2.75, 3.05) is 27.4 Å². The Kier molecular flexibility index (Phi) is 25.2. The molecule has 88 heavy (non-hydrogen) atoms. The van der Waals surface area contributed by atoms with Gasteiger partial charge in [0, 0.05) is 27.7 Å². The quantitative estimate of drug-likeness (QED) is 0.0243. The summed E-state index contributed by atoms with van der Waals surface area (Å²) in [7, 11) is -0.561. The number of amides is 2. The van der Waals surface area contributed by atoms with E-state index in [1.54, 1.807) is 24.3 Å². The number of esters is 4. The van der Waals surface area contributed by atoms with Gasteiger partial charge in [0.2, 0.25) is 11.8 Å². The number of hydrogen-bond donors (Lipinski definition) is 0. The summed E-state index contributed by atoms with van der Waals surface area (Å²) in [4.78, 5) is 85.1. The van der Waals surface area contributed by atoms with E-state index in [0.29, 0.717) is 16.7 Å². The van der Waals surface area contributed by atoms with Crippen molar-refractivity contribution < 1.29 is 99.5 Å². The van der Waals surface area contributed by atoms with E-state index >= 15 is 0 Å². The highest BCUT2D eigenvalue weighted by molar-refractivity contribution is 6.74. The summed E-state index contributed by atoms with van der Waals surface area (Å²) in [5.41, 5.74) is 2.78. The maximum Gasteiger partial charge on any atom is 0.337 e. The third kappa shape index (κ3) is 18.1. The van der Waals surface area contributed by atoms with Crippen molar-refractivity contribution in [2.45, 2.75) is 185 Å². The molecule has 3 aliphatic rings. The minimum absolute atomic E-state index is 0.0129. The first-order chi connectivity index (χ1) is 42.0. The van der Waals surface area contributed by atoms with Gasteiger partial charge in [-0.25, -0.2) is 9.59 Å². The lowest BCUT2D eigenvalue weighted by Gasteiger charge is -2.53. The molecule has 0 saturated carbocycles. The molecule has 23 heteroatoms. The van der Waals surface area contributed by atoms with Crippen LogP contribution in [0.2, 0.25) is 18.1 Å². The lowest BCUT2D eigenvalue weighted by Crippen LogP contribution is -2.71. The summed E-state index contributed by atoms with van der Waals surface area (Å²) in [5.74, 6) is -5.05. The van der Waals surface area contributed by atoms with Gasteiger partial charge >= 0.3 is 23.9 Å². The van der Waals surface area contributed by atoms with Gasteiger partial charge in [0.25, 0.3) is 0 Å². The number of benzene rings is 4. The molecule has 0 aliphatic carbocycles. The van der Waals surface area contributed by atoms with E-state index < -0.39 is 141 Å². The van der Waals surface area contributed by atoms with E-state index in [4.69, 9.17) is 70.7 Å². The molecule has 0 aromatic heterocycles. The van der Waals surface area contributed by atoms with E-state index in [9.17, 15) is 28.8 Å². The molecular formula is C65H83NO21Si. The first-order valence-electron chi connectivity index (χ1n) is 29.1. The van der Waals surface area contributed by atoms with Crippen LogP contribution in [0.3, 0.4) is 0 Å². The highest BCUT2D eigenvalue weighted by Gasteiger charge is 2.61. The molecule has 0 radical (unpaired) electrons. The maximum atomic E-state index is 14.5. The Balaban J connectivity index is 1.44. The van der Waals surface area contributed by atoms with Crippen molar-refractivity contribution in [3.63, 3.8) is 0 Å². The van der Waals surface area contributed by atoms with Crippen molar-refractivity contribution in [1.29, 1.82) is 0 Å². The van der Waals surface area contributed by atoms with E-state index in [2.05, 4.69) is 6.58 Å². The van der Waals surface area contributed by atoms with Crippen LogP contribution in [0, 0.1) is 0 Å². The minimum Gasteiger partial charge on any atom is -0.467 e. The smallest absolute Gasteiger partial charge is 0.337 e. The standard InChI is InChI=1S/C65H83NO21Si/c1-13-34-76-52-53(78-37-46-30-22-16-23-31-46)58(80-42(4)69)63(85-56(52)60(71)73-9)83-50-48(39-75-35-44-26-18-14-19-27-44)82-62(49(66(40(2)67)41(3)68)51(50)77-36-45-28-20-15-21-29-45)84-55-54(79-38-47-32-24-17-25-33-47)59(81-43(5)70)64(86-57(55)61(72)74-10)87-88(11,12)65(6,7)8/h13-33,48-59,62-64H,1,34-39H2,2-12H3/t48-,49-,50-,51-,52+,53+,54+,55+,56-,57-,58-,59-,62-,63-,64-/m1/s1. The Morgan fingerprint density at radius 1 is 0.511 bits per heavy atom. The molecule has 0 bridgehead atoms. The monoisotopic (exact) mass is 1240 g/mol. The lowest BCUT2D eigenvalue weighted by molar-refractivity contribution is -0.373. The van der Waals surface area contributed by atoms with Crippen molar-refractivity contribution in [1.82, 2.24) is 4.90 Å². The Labute approximate surface area is 515 Å². The van der Waals surface area contributed by atoms with Crippen LogP contribution in [0.15, 0.2) is 134 Å². The van der Waals surface area contributed by atoms with Crippen molar-refractivity contribution in [2.24, 2.45) is 0 Å². The average Bonchev–Trinajstić information content (AvgIpc) is 0.955. The molecule has 3 fully saturated rings. The van der Waals surface area contributed by atoms with Gasteiger partial charge in [0.15, 0.2) is 51.6 Å². The lowest BCUT2D eigenvalue weighted by atomic mass is 9.92. The predicted molar refractivity (Wildman–Crippen MR) is 317 cm³/mol. The molecule has 0 spiro atoms. The van der Waals surface area contributed by atoms with Crippen LogP contribution in [-0.2, 0) is 126 Å². The molecule has 3 aliphatic heterocycles. The fourth-order valence-electron chi connectivity index (χ4n) is 10.3. The second kappa shape index (κ2) is 32.2. The number of methoxy groups -OCH3 is 2. The van der Waals surface area contributed by atoms with Crippen LogP contribution in [-0.4, -0.2) is 168 Å². The number of hydrogen-bond acceptors (Lipinski definition) is 21. The molecule has 478 valence electrons. The molecule has 7 rings (SSSR count). The van der Waals surface area contributed by atoms with Crippen LogP contribution in [0.4, 0.5) is 0 Å². The molecule has 3 saturated heterocycles. The largest absolute Gasteiger partial charge is 0.467 e. The molecule has 15 atom stereocenters. The number of ether oxygens (including phenoxy) is 14. The highest BCUT2D eigenvalue weighted by atomic mass is 28.4. The SMILES string of the molecule is C=CCO[C@H]1[C@H](OCc2ccccc2)[C@@H](OC(C)=O)[C@H](O[C@H]2[C@H](OCc3ccccc3)[C@@H](N(C(C)=O)C(C)=O)[C@@H](O[C@H]3[C@H](OCc4ccccc4)[C@@H](OC(C)=O)[C@@H](O[Si](C)(C)C(C)(C)C)O[C@H]3C(=O)OC)O[C@@H]2COCc2ccccc2)O[C@H]1C(=O)OC. The highest BCUT2D eigenvalue weighted by Crippen LogP contribution is 2.43. The predicted octanol–water partition coefficient (Wildman–Crippen LogP) is 7.47. The van der Waals surface area contributed by atoms with Gasteiger partial charge in [-0.2, -0.15) is 0 Å². The zero-order valence-corrected chi connectivity index (χ0v) is 52.8. The third-order valence-corrected chi connectivity index (χ3v) is 19.9. The summed E-state index contributed by atoms with van der Waals surface area (Å²) in [6.45, 7) is 17.5. The fraction of sp³-hybridized carbons (Fsp3) is 0.508. The topological polar surface area (TPSA) is 244 Å². The van der Waals surface area contributed by atoms with E-state index in [1.165, 1.54) is 19.9 Å². The Hall–Kier alpha value is -6.58. The summed E-state index contributed by atoms with van der Waals surface area (Å²) in [6.07, 6.45) is -20.3. The Bertz CT molecular complexity index is 2880. The minimum atomic E-state index is -2.87. The molecule has 22 nitrogen and oxygen atoms in total. The molecular weight excluding hydrogens is 1160 g/mol. The van der Waals surface area contributed by atoms with Gasteiger partial charge in [0.1, 0.15) is 48.8 Å². The Morgan fingerprint density at radius 2 is 0.920 bits per heavy atom.